The van der Waals surface area contributed by atoms with Crippen molar-refractivity contribution in [1.82, 2.24) is 10.2 Å². The van der Waals surface area contributed by atoms with E-state index in [0.29, 0.717) is 30.2 Å². The number of aliphatic hydroxyl groups is 1. The summed E-state index contributed by atoms with van der Waals surface area (Å²) < 4.78 is 13.5. The van der Waals surface area contributed by atoms with Crippen LogP contribution in [0.1, 0.15) is 31.2 Å². The Balaban J connectivity index is 1.73. The lowest BCUT2D eigenvalue weighted by Crippen LogP contribution is -2.54. The van der Waals surface area contributed by atoms with Crippen LogP contribution in [0.3, 0.4) is 0 Å². The third-order valence-electron chi connectivity index (χ3n) is 4.80. The molecule has 1 aromatic rings. The Kier molecular flexibility index (Phi) is 4.23. The van der Waals surface area contributed by atoms with Crippen LogP contribution < -0.4 is 5.32 Å². The monoisotopic (exact) mass is 312 g/mol. The van der Waals surface area contributed by atoms with Crippen molar-refractivity contribution in [3.05, 3.63) is 34.6 Å². The molecule has 2 aliphatic heterocycles. The Bertz CT molecular complexity index is 491. The SMILES string of the molecule is CNCC1(O)CC2CCC(C1)N2Cc1cc(F)cc(Cl)c1. The number of nitrogens with one attached hydrogen (secondary N) is 1. The molecule has 0 spiro atoms. The summed E-state index contributed by atoms with van der Waals surface area (Å²) in [6, 6.07) is 5.48. The van der Waals surface area contributed by atoms with Crippen LogP contribution >= 0.6 is 11.6 Å². The fourth-order valence-electron chi connectivity index (χ4n) is 4.06. The molecule has 0 saturated carbocycles. The van der Waals surface area contributed by atoms with Crippen molar-refractivity contribution < 1.29 is 9.50 Å². The van der Waals surface area contributed by atoms with Crippen molar-refractivity contribution in [2.45, 2.75) is 49.9 Å². The van der Waals surface area contributed by atoms with E-state index >= 15 is 0 Å². The van der Waals surface area contributed by atoms with E-state index in [1.54, 1.807) is 6.07 Å². The molecule has 2 bridgehead atoms. The summed E-state index contributed by atoms with van der Waals surface area (Å²) in [5.74, 6) is -0.284. The Labute approximate surface area is 130 Å². The number of halogens is 2. The molecule has 3 rings (SSSR count). The molecule has 2 unspecified atom stereocenters. The molecule has 3 nitrogen and oxygen atoms in total. The molecule has 1 aromatic carbocycles. The van der Waals surface area contributed by atoms with Gasteiger partial charge in [-0.05, 0) is 56.5 Å². The highest BCUT2D eigenvalue weighted by molar-refractivity contribution is 6.30. The van der Waals surface area contributed by atoms with E-state index in [1.165, 1.54) is 6.07 Å². The zero-order valence-electron chi connectivity index (χ0n) is 12.3. The lowest BCUT2D eigenvalue weighted by Gasteiger charge is -2.44. The van der Waals surface area contributed by atoms with Gasteiger partial charge in [-0.15, -0.1) is 0 Å². The zero-order valence-corrected chi connectivity index (χ0v) is 13.0. The van der Waals surface area contributed by atoms with Crippen molar-refractivity contribution >= 4 is 11.6 Å². The average molecular weight is 313 g/mol. The van der Waals surface area contributed by atoms with E-state index in [1.807, 2.05) is 13.1 Å². The maximum atomic E-state index is 13.5. The molecule has 0 amide bonds. The normalized spacial score (nSPS) is 32.6. The average Bonchev–Trinajstić information content (AvgIpc) is 2.63. The first-order chi connectivity index (χ1) is 9.99. The summed E-state index contributed by atoms with van der Waals surface area (Å²) in [6.07, 6.45) is 3.79. The smallest absolute Gasteiger partial charge is 0.125 e. The van der Waals surface area contributed by atoms with Gasteiger partial charge in [0.15, 0.2) is 0 Å². The Morgan fingerprint density at radius 2 is 2.00 bits per heavy atom. The summed E-state index contributed by atoms with van der Waals surface area (Å²) in [7, 11) is 1.88. The highest BCUT2D eigenvalue weighted by atomic mass is 35.5. The molecule has 2 fully saturated rings. The number of fused-ring (bicyclic) bond motifs is 2. The van der Waals surface area contributed by atoms with Crippen LogP contribution in [0.15, 0.2) is 18.2 Å². The summed E-state index contributed by atoms with van der Waals surface area (Å²) >= 11 is 5.94. The summed E-state index contributed by atoms with van der Waals surface area (Å²) in [5, 5.41) is 14.2. The van der Waals surface area contributed by atoms with Gasteiger partial charge in [0.1, 0.15) is 5.82 Å². The van der Waals surface area contributed by atoms with Crippen LogP contribution in [0.2, 0.25) is 5.02 Å². The number of benzene rings is 1. The van der Waals surface area contributed by atoms with Gasteiger partial charge in [-0.2, -0.15) is 0 Å². The molecule has 0 aliphatic carbocycles. The van der Waals surface area contributed by atoms with Gasteiger partial charge < -0.3 is 10.4 Å². The number of likely N-dealkylation sites (N-methyl/N-ethyl adjacent to an activating group) is 1. The van der Waals surface area contributed by atoms with Crippen LogP contribution in [0.25, 0.3) is 0 Å². The summed E-state index contributed by atoms with van der Waals surface area (Å²) in [5.41, 5.74) is 0.312. The summed E-state index contributed by atoms with van der Waals surface area (Å²) in [6.45, 7) is 1.35. The molecule has 21 heavy (non-hydrogen) atoms. The number of rotatable bonds is 4. The molecule has 2 atom stereocenters. The van der Waals surface area contributed by atoms with Gasteiger partial charge >= 0.3 is 0 Å². The van der Waals surface area contributed by atoms with E-state index in [2.05, 4.69) is 10.2 Å². The first-order valence-electron chi connectivity index (χ1n) is 7.57. The van der Waals surface area contributed by atoms with Crippen LogP contribution in [-0.2, 0) is 6.54 Å². The fourth-order valence-corrected chi connectivity index (χ4v) is 4.30. The van der Waals surface area contributed by atoms with E-state index in [4.69, 9.17) is 11.6 Å². The fraction of sp³-hybridized carbons (Fsp3) is 0.625. The van der Waals surface area contributed by atoms with Crippen molar-refractivity contribution in [1.29, 1.82) is 0 Å². The minimum atomic E-state index is -0.601. The maximum absolute atomic E-state index is 13.5. The third kappa shape index (κ3) is 3.24. The highest BCUT2D eigenvalue weighted by Crippen LogP contribution is 2.41. The first-order valence-corrected chi connectivity index (χ1v) is 7.94. The predicted octanol–water partition coefficient (Wildman–Crippen LogP) is 2.56. The lowest BCUT2D eigenvalue weighted by molar-refractivity contribution is -0.0519. The first kappa shape index (κ1) is 15.2. The topological polar surface area (TPSA) is 35.5 Å². The second-order valence-electron chi connectivity index (χ2n) is 6.50. The lowest BCUT2D eigenvalue weighted by atomic mass is 9.85. The Hall–Kier alpha value is -0.680. The second kappa shape index (κ2) is 5.84. The molecule has 2 heterocycles. The minimum Gasteiger partial charge on any atom is -0.388 e. The Morgan fingerprint density at radius 3 is 2.57 bits per heavy atom. The van der Waals surface area contributed by atoms with Gasteiger partial charge in [0.05, 0.1) is 5.60 Å². The standard InChI is InChI=1S/C16H22ClFN2O/c1-19-10-16(21)7-14-2-3-15(8-16)20(14)9-11-4-12(17)6-13(18)5-11/h4-6,14-15,19,21H,2-3,7-10H2,1H3. The number of piperidine rings is 1. The van der Waals surface area contributed by atoms with Crippen LogP contribution in [0.5, 0.6) is 0 Å². The van der Waals surface area contributed by atoms with E-state index < -0.39 is 5.60 Å². The van der Waals surface area contributed by atoms with Crippen molar-refractivity contribution in [2.75, 3.05) is 13.6 Å². The van der Waals surface area contributed by atoms with Crippen molar-refractivity contribution in [2.24, 2.45) is 0 Å². The van der Waals surface area contributed by atoms with E-state index in [9.17, 15) is 9.50 Å². The molecule has 2 aliphatic rings. The molecular formula is C16H22ClFN2O. The van der Waals surface area contributed by atoms with Gasteiger partial charge in [-0.1, -0.05) is 11.6 Å². The maximum Gasteiger partial charge on any atom is 0.125 e. The number of hydrogen-bond donors (Lipinski definition) is 2. The molecule has 0 radical (unpaired) electrons. The molecule has 0 aromatic heterocycles. The van der Waals surface area contributed by atoms with E-state index in [0.717, 1.165) is 31.2 Å². The van der Waals surface area contributed by atoms with E-state index in [-0.39, 0.29) is 5.82 Å². The molecule has 5 heteroatoms. The molecular weight excluding hydrogens is 291 g/mol. The number of hydrogen-bond acceptors (Lipinski definition) is 3. The molecule has 2 N–H and O–H groups in total. The van der Waals surface area contributed by atoms with Gasteiger partial charge in [-0.3, -0.25) is 4.90 Å². The third-order valence-corrected chi connectivity index (χ3v) is 5.01. The van der Waals surface area contributed by atoms with Gasteiger partial charge in [0.25, 0.3) is 0 Å². The molecule has 116 valence electrons. The Morgan fingerprint density at radius 1 is 1.33 bits per heavy atom. The van der Waals surface area contributed by atoms with Crippen molar-refractivity contribution in [3.63, 3.8) is 0 Å². The number of nitrogens with zero attached hydrogens (tertiary/aromatic N) is 1. The van der Waals surface area contributed by atoms with Crippen LogP contribution in [-0.4, -0.2) is 41.3 Å². The van der Waals surface area contributed by atoms with Crippen LogP contribution in [0.4, 0.5) is 4.39 Å². The van der Waals surface area contributed by atoms with Crippen LogP contribution in [0, 0.1) is 5.82 Å². The largest absolute Gasteiger partial charge is 0.388 e. The van der Waals surface area contributed by atoms with Crippen molar-refractivity contribution in [3.8, 4) is 0 Å². The van der Waals surface area contributed by atoms with Gasteiger partial charge in [-0.25, -0.2) is 4.39 Å². The predicted molar refractivity (Wildman–Crippen MR) is 81.9 cm³/mol. The summed E-state index contributed by atoms with van der Waals surface area (Å²) in [4.78, 5) is 2.41. The zero-order chi connectivity index (χ0) is 15.0. The van der Waals surface area contributed by atoms with Gasteiger partial charge in [0.2, 0.25) is 0 Å². The second-order valence-corrected chi connectivity index (χ2v) is 6.93. The van der Waals surface area contributed by atoms with Gasteiger partial charge in [0, 0.05) is 30.2 Å². The highest BCUT2D eigenvalue weighted by Gasteiger charge is 2.46. The minimum absolute atomic E-state index is 0.284. The quantitative estimate of drug-likeness (QED) is 0.897. The molecule has 2 saturated heterocycles.